The van der Waals surface area contributed by atoms with Gasteiger partial charge in [-0.1, -0.05) is 26.8 Å². The van der Waals surface area contributed by atoms with Crippen LogP contribution in [0.25, 0.3) is 0 Å². The second-order valence-electron chi connectivity index (χ2n) is 4.97. The van der Waals surface area contributed by atoms with Crippen LogP contribution in [0.1, 0.15) is 26.6 Å². The summed E-state index contributed by atoms with van der Waals surface area (Å²) in [6.45, 7) is 13.2. The minimum atomic E-state index is 0.543. The van der Waals surface area contributed by atoms with E-state index in [1.54, 1.807) is 6.33 Å². The Morgan fingerprint density at radius 1 is 1.50 bits per heavy atom. The second-order valence-corrected chi connectivity index (χ2v) is 4.97. The Morgan fingerprint density at radius 2 is 2.30 bits per heavy atom. The summed E-state index contributed by atoms with van der Waals surface area (Å²) in [5.74, 6) is 2.37. The molecule has 0 aliphatic rings. The van der Waals surface area contributed by atoms with Crippen molar-refractivity contribution in [2.45, 2.75) is 33.7 Å². The normalized spacial score (nSPS) is 11.7. The summed E-state index contributed by atoms with van der Waals surface area (Å²) in [7, 11) is 0. The maximum atomic E-state index is 4.53. The minimum Gasteiger partial charge on any atom is -0.355 e. The molecule has 0 aromatic carbocycles. The highest BCUT2D eigenvalue weighted by atomic mass is 15.3. The van der Waals surface area contributed by atoms with Crippen molar-refractivity contribution >= 4 is 5.96 Å². The topological polar surface area (TPSA) is 67.1 Å². The van der Waals surface area contributed by atoms with Gasteiger partial charge in [-0.2, -0.15) is 0 Å². The zero-order chi connectivity index (χ0) is 14.8. The summed E-state index contributed by atoms with van der Waals surface area (Å²) >= 11 is 0. The minimum absolute atomic E-state index is 0.543. The first-order chi connectivity index (χ1) is 9.67. The van der Waals surface area contributed by atoms with E-state index in [9.17, 15) is 0 Å². The number of hydrogen-bond donors (Lipinski definition) is 2. The molecule has 1 aromatic heterocycles. The van der Waals surface area contributed by atoms with Gasteiger partial charge in [-0.15, -0.1) is 16.8 Å². The highest BCUT2D eigenvalue weighted by molar-refractivity contribution is 5.79. The van der Waals surface area contributed by atoms with Crippen LogP contribution in [-0.4, -0.2) is 40.4 Å². The highest BCUT2D eigenvalue weighted by Crippen LogP contribution is 1.95. The van der Waals surface area contributed by atoms with E-state index in [0.717, 1.165) is 37.8 Å². The van der Waals surface area contributed by atoms with E-state index in [-0.39, 0.29) is 0 Å². The second kappa shape index (κ2) is 9.12. The number of hydrogen-bond acceptors (Lipinski definition) is 3. The standard InChI is InChI=1S/C14H26N6/c1-5-7-15-14(17-10-12(3)4)16-8-9-20-11-18-19-13(20)6-2/h5,11-12H,1,6-10H2,2-4H3,(H2,15,16,17). The van der Waals surface area contributed by atoms with Crippen LogP contribution in [0, 0.1) is 5.92 Å². The molecular formula is C14H26N6. The van der Waals surface area contributed by atoms with Gasteiger partial charge < -0.3 is 15.2 Å². The Labute approximate surface area is 121 Å². The Kier molecular flexibility index (Phi) is 7.39. The smallest absolute Gasteiger partial charge is 0.191 e. The van der Waals surface area contributed by atoms with Crippen LogP contribution in [0.4, 0.5) is 0 Å². The van der Waals surface area contributed by atoms with Gasteiger partial charge in [0.1, 0.15) is 12.2 Å². The summed E-state index contributed by atoms with van der Waals surface area (Å²) in [6, 6.07) is 0. The lowest BCUT2D eigenvalue weighted by Gasteiger charge is -2.13. The molecule has 0 saturated carbocycles. The molecule has 0 atom stereocenters. The molecule has 0 fully saturated rings. The fraction of sp³-hybridized carbons (Fsp3) is 0.643. The maximum Gasteiger partial charge on any atom is 0.191 e. The average molecular weight is 278 g/mol. The fourth-order valence-corrected chi connectivity index (χ4v) is 1.65. The third-order valence-corrected chi connectivity index (χ3v) is 2.69. The molecule has 0 radical (unpaired) electrons. The predicted octanol–water partition coefficient (Wildman–Crippen LogP) is 1.22. The van der Waals surface area contributed by atoms with Crippen molar-refractivity contribution in [2.24, 2.45) is 10.9 Å². The number of aromatic nitrogens is 3. The molecule has 1 aromatic rings. The molecule has 1 rings (SSSR count). The summed E-state index contributed by atoms with van der Waals surface area (Å²) in [5.41, 5.74) is 0. The number of rotatable bonds is 8. The van der Waals surface area contributed by atoms with Crippen molar-refractivity contribution in [2.75, 3.05) is 19.6 Å². The van der Waals surface area contributed by atoms with Gasteiger partial charge in [0.15, 0.2) is 5.96 Å². The lowest BCUT2D eigenvalue weighted by Crippen LogP contribution is -2.39. The third-order valence-electron chi connectivity index (χ3n) is 2.69. The molecule has 0 aliphatic heterocycles. The Bertz CT molecular complexity index is 421. The first-order valence-corrected chi connectivity index (χ1v) is 7.17. The van der Waals surface area contributed by atoms with Gasteiger partial charge in [-0.25, -0.2) is 0 Å². The lowest BCUT2D eigenvalue weighted by molar-refractivity contribution is 0.625. The summed E-state index contributed by atoms with van der Waals surface area (Å²) in [5, 5.41) is 14.5. The van der Waals surface area contributed by atoms with Crippen molar-refractivity contribution < 1.29 is 0 Å². The van der Waals surface area contributed by atoms with Gasteiger partial charge in [0, 0.05) is 32.6 Å². The SMILES string of the molecule is C=CCNC(=NCC(C)C)NCCn1cnnc1CC. The molecule has 2 N–H and O–H groups in total. The van der Waals surface area contributed by atoms with Gasteiger partial charge >= 0.3 is 0 Å². The van der Waals surface area contributed by atoms with E-state index in [4.69, 9.17) is 0 Å². The Morgan fingerprint density at radius 3 is 2.95 bits per heavy atom. The van der Waals surface area contributed by atoms with Crippen molar-refractivity contribution in [1.29, 1.82) is 0 Å². The van der Waals surface area contributed by atoms with E-state index in [1.807, 2.05) is 6.08 Å². The largest absolute Gasteiger partial charge is 0.355 e. The van der Waals surface area contributed by atoms with E-state index in [1.165, 1.54) is 0 Å². The zero-order valence-corrected chi connectivity index (χ0v) is 12.8. The van der Waals surface area contributed by atoms with Gasteiger partial charge in [-0.3, -0.25) is 4.99 Å². The molecule has 0 spiro atoms. The molecule has 0 saturated heterocycles. The Balaban J connectivity index is 2.45. The van der Waals surface area contributed by atoms with E-state index < -0.39 is 0 Å². The van der Waals surface area contributed by atoms with Crippen LogP contribution >= 0.6 is 0 Å². The van der Waals surface area contributed by atoms with Gasteiger partial charge in [0.05, 0.1) is 0 Å². The van der Waals surface area contributed by atoms with Crippen molar-refractivity contribution in [3.63, 3.8) is 0 Å². The van der Waals surface area contributed by atoms with Crippen LogP contribution in [0.3, 0.4) is 0 Å². The first-order valence-electron chi connectivity index (χ1n) is 7.17. The molecule has 0 unspecified atom stereocenters. The van der Waals surface area contributed by atoms with Crippen LogP contribution < -0.4 is 10.6 Å². The van der Waals surface area contributed by atoms with E-state index in [2.05, 4.69) is 57.7 Å². The fourth-order valence-electron chi connectivity index (χ4n) is 1.65. The predicted molar refractivity (Wildman–Crippen MR) is 82.7 cm³/mol. The number of guanidine groups is 1. The molecule has 0 bridgehead atoms. The van der Waals surface area contributed by atoms with Crippen LogP contribution in [0.5, 0.6) is 0 Å². The van der Waals surface area contributed by atoms with Crippen molar-refractivity contribution in [3.8, 4) is 0 Å². The number of nitrogens with zero attached hydrogens (tertiary/aromatic N) is 4. The maximum absolute atomic E-state index is 4.53. The number of aliphatic imine (C=N–C) groups is 1. The number of nitrogens with one attached hydrogen (secondary N) is 2. The first kappa shape index (κ1) is 16.2. The van der Waals surface area contributed by atoms with Crippen LogP contribution in [0.2, 0.25) is 0 Å². The van der Waals surface area contributed by atoms with Gasteiger partial charge in [0.25, 0.3) is 0 Å². The molecule has 20 heavy (non-hydrogen) atoms. The van der Waals surface area contributed by atoms with Gasteiger partial charge in [0.2, 0.25) is 0 Å². The Hall–Kier alpha value is -1.85. The highest BCUT2D eigenvalue weighted by Gasteiger charge is 2.02. The van der Waals surface area contributed by atoms with Crippen molar-refractivity contribution in [3.05, 3.63) is 24.8 Å². The molecule has 6 heteroatoms. The number of aryl methyl sites for hydroxylation is 1. The zero-order valence-electron chi connectivity index (χ0n) is 12.8. The van der Waals surface area contributed by atoms with Crippen LogP contribution in [-0.2, 0) is 13.0 Å². The monoisotopic (exact) mass is 278 g/mol. The lowest BCUT2D eigenvalue weighted by atomic mass is 10.2. The summed E-state index contributed by atoms with van der Waals surface area (Å²) in [4.78, 5) is 4.53. The van der Waals surface area contributed by atoms with Gasteiger partial charge in [-0.05, 0) is 5.92 Å². The quantitative estimate of drug-likeness (QED) is 0.426. The molecule has 0 aliphatic carbocycles. The average Bonchev–Trinajstić information content (AvgIpc) is 2.88. The van der Waals surface area contributed by atoms with Crippen molar-refractivity contribution in [1.82, 2.24) is 25.4 Å². The van der Waals surface area contributed by atoms with E-state index >= 15 is 0 Å². The van der Waals surface area contributed by atoms with E-state index in [0.29, 0.717) is 12.5 Å². The molecule has 112 valence electrons. The summed E-state index contributed by atoms with van der Waals surface area (Å²) in [6.07, 6.45) is 4.48. The molecule has 0 amide bonds. The summed E-state index contributed by atoms with van der Waals surface area (Å²) < 4.78 is 2.06. The molecule has 6 nitrogen and oxygen atoms in total. The van der Waals surface area contributed by atoms with Crippen LogP contribution in [0.15, 0.2) is 24.0 Å². The third kappa shape index (κ3) is 5.86. The molecular weight excluding hydrogens is 252 g/mol. The molecule has 1 heterocycles.